The molecule has 0 amide bonds. The third-order valence-corrected chi connectivity index (χ3v) is 3.76. The van der Waals surface area contributed by atoms with Crippen LogP contribution in [-0.2, 0) is 19.6 Å². The lowest BCUT2D eigenvalue weighted by atomic mass is 10.2. The predicted octanol–water partition coefficient (Wildman–Crippen LogP) is 4.07. The van der Waals surface area contributed by atoms with Crippen molar-refractivity contribution in [2.24, 2.45) is 0 Å². The van der Waals surface area contributed by atoms with Gasteiger partial charge in [-0.2, -0.15) is 0 Å². The summed E-state index contributed by atoms with van der Waals surface area (Å²) in [6.45, 7) is 9.31. The molecule has 0 aliphatic rings. The molecule has 1 heterocycles. The van der Waals surface area contributed by atoms with Crippen LogP contribution in [-0.4, -0.2) is 4.57 Å². The monoisotopic (exact) mass is 276 g/mol. The highest BCUT2D eigenvalue weighted by atomic mass is 35.5. The molecule has 2 aromatic rings. The first-order chi connectivity index (χ1) is 9.11. The zero-order chi connectivity index (χ0) is 13.8. The van der Waals surface area contributed by atoms with Crippen LogP contribution >= 0.6 is 11.6 Å². The molecular weight excluding hydrogens is 256 g/mol. The molecule has 0 unspecified atom stereocenters. The lowest BCUT2D eigenvalue weighted by Gasteiger charge is -2.07. The summed E-state index contributed by atoms with van der Waals surface area (Å²) in [6, 6.07) is 10.3. The molecule has 3 heteroatoms. The van der Waals surface area contributed by atoms with E-state index in [2.05, 4.69) is 42.8 Å². The van der Waals surface area contributed by atoms with Crippen molar-refractivity contribution in [2.45, 2.75) is 40.4 Å². The molecule has 1 N–H and O–H groups in total. The van der Waals surface area contributed by atoms with Crippen LogP contribution in [0, 0.1) is 13.8 Å². The van der Waals surface area contributed by atoms with Gasteiger partial charge in [-0.1, -0.05) is 23.7 Å². The second-order valence-corrected chi connectivity index (χ2v) is 5.31. The van der Waals surface area contributed by atoms with E-state index in [0.29, 0.717) is 0 Å². The fourth-order valence-electron chi connectivity index (χ4n) is 2.53. The maximum Gasteiger partial charge on any atom is 0.0409 e. The molecule has 0 radical (unpaired) electrons. The molecule has 1 aromatic heterocycles. The van der Waals surface area contributed by atoms with Gasteiger partial charge in [0.25, 0.3) is 0 Å². The molecular formula is C16H21ClN2. The second-order valence-electron chi connectivity index (χ2n) is 4.87. The third kappa shape index (κ3) is 3.40. The summed E-state index contributed by atoms with van der Waals surface area (Å²) in [4.78, 5) is 0. The van der Waals surface area contributed by atoms with E-state index in [4.69, 9.17) is 11.6 Å². The Morgan fingerprint density at radius 3 is 2.58 bits per heavy atom. The molecule has 0 saturated heterocycles. The first-order valence-electron chi connectivity index (χ1n) is 6.72. The fourth-order valence-corrected chi connectivity index (χ4v) is 2.74. The minimum Gasteiger partial charge on any atom is -0.349 e. The lowest BCUT2D eigenvalue weighted by Crippen LogP contribution is -2.13. The van der Waals surface area contributed by atoms with Gasteiger partial charge in [0.1, 0.15) is 0 Å². The van der Waals surface area contributed by atoms with E-state index in [9.17, 15) is 0 Å². The Labute approximate surface area is 120 Å². The smallest absolute Gasteiger partial charge is 0.0409 e. The van der Waals surface area contributed by atoms with Crippen molar-refractivity contribution in [3.63, 3.8) is 0 Å². The Bertz CT molecular complexity index is 558. The number of nitrogens with one attached hydrogen (secondary N) is 1. The predicted molar refractivity (Wildman–Crippen MR) is 81.6 cm³/mol. The van der Waals surface area contributed by atoms with Crippen molar-refractivity contribution in [1.29, 1.82) is 0 Å². The van der Waals surface area contributed by atoms with Crippen molar-refractivity contribution < 1.29 is 0 Å². The van der Waals surface area contributed by atoms with Crippen molar-refractivity contribution in [3.8, 4) is 0 Å². The number of halogens is 1. The van der Waals surface area contributed by atoms with E-state index in [-0.39, 0.29) is 0 Å². The van der Waals surface area contributed by atoms with Crippen molar-refractivity contribution in [1.82, 2.24) is 9.88 Å². The largest absolute Gasteiger partial charge is 0.349 e. The summed E-state index contributed by atoms with van der Waals surface area (Å²) in [7, 11) is 0. The van der Waals surface area contributed by atoms with E-state index >= 15 is 0 Å². The Kier molecular flexibility index (Phi) is 4.67. The summed E-state index contributed by atoms with van der Waals surface area (Å²) in [5, 5.41) is 4.27. The minimum atomic E-state index is 0.795. The van der Waals surface area contributed by atoms with Crippen molar-refractivity contribution >= 4 is 11.6 Å². The Morgan fingerprint density at radius 2 is 1.95 bits per heavy atom. The first kappa shape index (κ1) is 14.2. The van der Waals surface area contributed by atoms with Crippen LogP contribution in [0.4, 0.5) is 0 Å². The number of aryl methyl sites for hydroxylation is 1. The number of hydrogen-bond donors (Lipinski definition) is 1. The van der Waals surface area contributed by atoms with Gasteiger partial charge in [-0.05, 0) is 50.1 Å². The summed E-state index contributed by atoms with van der Waals surface area (Å²) >= 11 is 5.98. The van der Waals surface area contributed by atoms with Gasteiger partial charge in [0.15, 0.2) is 0 Å². The van der Waals surface area contributed by atoms with E-state index in [1.54, 1.807) is 0 Å². The van der Waals surface area contributed by atoms with Gasteiger partial charge in [-0.15, -0.1) is 0 Å². The van der Waals surface area contributed by atoms with Gasteiger partial charge in [0.2, 0.25) is 0 Å². The van der Waals surface area contributed by atoms with Gasteiger partial charge in [0.05, 0.1) is 0 Å². The molecule has 1 aromatic carbocycles. The molecule has 0 fully saturated rings. The first-order valence-corrected chi connectivity index (χ1v) is 7.10. The van der Waals surface area contributed by atoms with Crippen LogP contribution in [0.15, 0.2) is 30.3 Å². The topological polar surface area (TPSA) is 17.0 Å². The lowest BCUT2D eigenvalue weighted by molar-refractivity contribution is 0.675. The van der Waals surface area contributed by atoms with E-state index in [1.165, 1.54) is 22.5 Å². The van der Waals surface area contributed by atoms with Crippen LogP contribution in [0.25, 0.3) is 0 Å². The molecule has 2 rings (SSSR count). The highest BCUT2D eigenvalue weighted by Gasteiger charge is 2.06. The quantitative estimate of drug-likeness (QED) is 0.871. The van der Waals surface area contributed by atoms with Gasteiger partial charge in [-0.25, -0.2) is 0 Å². The van der Waals surface area contributed by atoms with Gasteiger partial charge in [0, 0.05) is 36.0 Å². The minimum absolute atomic E-state index is 0.795. The van der Waals surface area contributed by atoms with E-state index in [0.717, 1.165) is 24.7 Å². The maximum atomic E-state index is 5.98. The Hall–Kier alpha value is -1.25. The van der Waals surface area contributed by atoms with Gasteiger partial charge >= 0.3 is 0 Å². The molecule has 0 aliphatic heterocycles. The maximum absolute atomic E-state index is 5.98. The van der Waals surface area contributed by atoms with E-state index in [1.807, 2.05) is 18.2 Å². The molecule has 0 aliphatic carbocycles. The van der Waals surface area contributed by atoms with Crippen LogP contribution in [0.3, 0.4) is 0 Å². The fraction of sp³-hybridized carbons (Fsp3) is 0.375. The molecule has 2 nitrogen and oxygen atoms in total. The molecule has 0 saturated carbocycles. The van der Waals surface area contributed by atoms with Crippen molar-refractivity contribution in [3.05, 3.63) is 57.9 Å². The van der Waals surface area contributed by atoms with Crippen LogP contribution < -0.4 is 5.32 Å². The molecule has 0 bridgehead atoms. The van der Waals surface area contributed by atoms with Crippen LogP contribution in [0.2, 0.25) is 5.02 Å². The number of nitrogens with zero attached hydrogens (tertiary/aromatic N) is 1. The molecule has 19 heavy (non-hydrogen) atoms. The SMILES string of the molecule is CCn1c(C)cc(CNCc2cccc(Cl)c2)c1C. The number of benzene rings is 1. The second kappa shape index (κ2) is 6.27. The average molecular weight is 277 g/mol. The Morgan fingerprint density at radius 1 is 1.16 bits per heavy atom. The zero-order valence-electron chi connectivity index (χ0n) is 11.8. The van der Waals surface area contributed by atoms with Crippen LogP contribution in [0.5, 0.6) is 0 Å². The summed E-state index contributed by atoms with van der Waals surface area (Å²) in [5.74, 6) is 0. The summed E-state index contributed by atoms with van der Waals surface area (Å²) < 4.78 is 2.34. The van der Waals surface area contributed by atoms with Crippen molar-refractivity contribution in [2.75, 3.05) is 0 Å². The van der Waals surface area contributed by atoms with E-state index < -0.39 is 0 Å². The highest BCUT2D eigenvalue weighted by molar-refractivity contribution is 6.30. The molecule has 0 atom stereocenters. The van der Waals surface area contributed by atoms with Gasteiger partial charge < -0.3 is 9.88 Å². The summed E-state index contributed by atoms with van der Waals surface area (Å²) in [6.07, 6.45) is 0. The van der Waals surface area contributed by atoms with Gasteiger partial charge in [-0.3, -0.25) is 0 Å². The normalized spacial score (nSPS) is 10.9. The average Bonchev–Trinajstić information content (AvgIpc) is 2.64. The molecule has 0 spiro atoms. The zero-order valence-corrected chi connectivity index (χ0v) is 12.6. The standard InChI is InChI=1S/C16H21ClN2/c1-4-19-12(2)8-15(13(19)3)11-18-10-14-6-5-7-16(17)9-14/h5-9,18H,4,10-11H2,1-3H3. The van der Waals surface area contributed by atoms with Crippen LogP contribution in [0.1, 0.15) is 29.4 Å². The summed E-state index contributed by atoms with van der Waals surface area (Å²) in [5.41, 5.74) is 5.29. The highest BCUT2D eigenvalue weighted by Crippen LogP contribution is 2.15. The number of rotatable bonds is 5. The number of hydrogen-bond acceptors (Lipinski definition) is 1. The third-order valence-electron chi connectivity index (χ3n) is 3.53. The number of aromatic nitrogens is 1. The Balaban J connectivity index is 1.96. The molecule has 102 valence electrons.